The molecule has 3 aromatic carbocycles. The topological polar surface area (TPSA) is 68.1 Å². The molecule has 0 bridgehead atoms. The van der Waals surface area contributed by atoms with E-state index in [1.807, 2.05) is 12.1 Å². The maximum atomic E-state index is 11.4. The first-order valence-electron chi connectivity index (χ1n) is 18.7. The first kappa shape index (κ1) is 39.1. The smallest absolute Gasteiger partial charge is 0.167 e. The molecule has 4 rings (SSSR count). The van der Waals surface area contributed by atoms with Gasteiger partial charge < -0.3 is 9.84 Å². The lowest BCUT2D eigenvalue weighted by Gasteiger charge is -2.28. The van der Waals surface area contributed by atoms with E-state index < -0.39 is 0 Å². The number of aromatic nitrogens is 3. The first-order chi connectivity index (χ1) is 23.2. The number of hydrogen-bond acceptors (Lipinski definition) is 5. The van der Waals surface area contributed by atoms with E-state index in [-0.39, 0.29) is 27.4 Å². The Morgan fingerprint density at radius 2 is 0.920 bits per heavy atom. The van der Waals surface area contributed by atoms with Crippen molar-refractivity contribution in [3.05, 3.63) is 76.9 Å². The number of aromatic hydroxyl groups is 1. The SMILES string of the molecule is CCCCCCCCOc1ccc(-c2nc(-c3ccc(C(C)(C)C)cc3C(C)(C)C)nc(-c3ccc(C(C)(C)C)cc3C(C)(C)C)n2)c(O)c1. The van der Waals surface area contributed by atoms with Crippen LogP contribution in [0.25, 0.3) is 34.2 Å². The summed E-state index contributed by atoms with van der Waals surface area (Å²) in [7, 11) is 0. The standard InChI is InChI=1S/C45H63N3O2/c1-14-15-16-17-18-19-26-50-32-22-25-35(38(49)29-32)41-47-39(33-23-20-30(42(2,3)4)27-36(33)44(8,9)10)46-40(48-41)34-24-21-31(43(5,6)7)28-37(34)45(11,12)13/h20-25,27-29,49H,14-19,26H2,1-13H3. The van der Waals surface area contributed by atoms with Crippen molar-refractivity contribution < 1.29 is 9.84 Å². The number of ether oxygens (including phenoxy) is 1. The Hall–Kier alpha value is -3.73. The van der Waals surface area contributed by atoms with Gasteiger partial charge in [0, 0.05) is 17.2 Å². The number of rotatable bonds is 11. The van der Waals surface area contributed by atoms with Gasteiger partial charge in [0.15, 0.2) is 17.5 Å². The van der Waals surface area contributed by atoms with E-state index in [4.69, 9.17) is 19.7 Å². The lowest BCUT2D eigenvalue weighted by molar-refractivity contribution is 0.303. The van der Waals surface area contributed by atoms with E-state index >= 15 is 0 Å². The van der Waals surface area contributed by atoms with Gasteiger partial charge >= 0.3 is 0 Å². The van der Waals surface area contributed by atoms with Crippen LogP contribution in [0.4, 0.5) is 0 Å². The maximum absolute atomic E-state index is 11.4. The van der Waals surface area contributed by atoms with Crippen molar-refractivity contribution in [2.24, 2.45) is 0 Å². The van der Waals surface area contributed by atoms with Gasteiger partial charge in [-0.1, -0.05) is 159 Å². The molecule has 0 fully saturated rings. The molecule has 1 heterocycles. The lowest BCUT2D eigenvalue weighted by atomic mass is 9.78. The second-order valence-electron chi connectivity index (χ2n) is 18.1. The predicted octanol–water partition coefficient (Wildman–Crippen LogP) is 12.5. The Bertz CT molecular complexity index is 1670. The van der Waals surface area contributed by atoms with Gasteiger partial charge in [0.25, 0.3) is 0 Å². The summed E-state index contributed by atoms with van der Waals surface area (Å²) < 4.78 is 6.04. The van der Waals surface area contributed by atoms with Gasteiger partial charge in [-0.25, -0.2) is 15.0 Å². The third kappa shape index (κ3) is 9.74. The van der Waals surface area contributed by atoms with E-state index in [0.717, 1.165) is 24.0 Å². The molecule has 5 nitrogen and oxygen atoms in total. The molecule has 0 atom stereocenters. The maximum Gasteiger partial charge on any atom is 0.167 e. The summed E-state index contributed by atoms with van der Waals surface area (Å²) in [5.74, 6) is 2.36. The molecule has 0 amide bonds. The third-order valence-electron chi connectivity index (χ3n) is 9.48. The molecule has 0 unspecified atom stereocenters. The van der Waals surface area contributed by atoms with Crippen LogP contribution in [-0.2, 0) is 21.7 Å². The van der Waals surface area contributed by atoms with E-state index in [9.17, 15) is 5.11 Å². The minimum Gasteiger partial charge on any atom is -0.507 e. The lowest BCUT2D eigenvalue weighted by Crippen LogP contribution is -2.19. The normalized spacial score (nSPS) is 12.7. The highest BCUT2D eigenvalue weighted by Crippen LogP contribution is 2.40. The molecule has 4 aromatic rings. The molecule has 270 valence electrons. The van der Waals surface area contributed by atoms with Gasteiger partial charge in [-0.2, -0.15) is 0 Å². The van der Waals surface area contributed by atoms with E-state index in [2.05, 4.69) is 126 Å². The van der Waals surface area contributed by atoms with Crippen molar-refractivity contribution in [2.45, 2.75) is 150 Å². The number of unbranched alkanes of at least 4 members (excludes halogenated alkanes) is 5. The van der Waals surface area contributed by atoms with Gasteiger partial charge in [-0.15, -0.1) is 0 Å². The van der Waals surface area contributed by atoms with Crippen LogP contribution in [0.5, 0.6) is 11.5 Å². The van der Waals surface area contributed by atoms with Crippen LogP contribution < -0.4 is 4.74 Å². The first-order valence-corrected chi connectivity index (χ1v) is 18.7. The van der Waals surface area contributed by atoms with Crippen molar-refractivity contribution >= 4 is 0 Å². The van der Waals surface area contributed by atoms with E-state index in [1.54, 1.807) is 6.07 Å². The van der Waals surface area contributed by atoms with Crippen molar-refractivity contribution in [2.75, 3.05) is 6.61 Å². The number of phenols is 1. The van der Waals surface area contributed by atoms with Crippen molar-refractivity contribution in [3.8, 4) is 45.7 Å². The summed E-state index contributed by atoms with van der Waals surface area (Å²) >= 11 is 0. The van der Waals surface area contributed by atoms with Crippen LogP contribution in [0.15, 0.2) is 54.6 Å². The molecular weight excluding hydrogens is 615 g/mol. The summed E-state index contributed by atoms with van der Waals surface area (Å²) in [5, 5.41) is 11.4. The fourth-order valence-corrected chi connectivity index (χ4v) is 6.25. The molecule has 5 heteroatoms. The molecule has 0 spiro atoms. The minimum absolute atomic E-state index is 0.00494. The highest BCUT2D eigenvalue weighted by atomic mass is 16.5. The van der Waals surface area contributed by atoms with Gasteiger partial charge in [-0.3, -0.25) is 0 Å². The van der Waals surface area contributed by atoms with E-state index in [0.29, 0.717) is 35.4 Å². The van der Waals surface area contributed by atoms with E-state index in [1.165, 1.54) is 47.9 Å². The molecule has 0 aliphatic rings. The average molecular weight is 678 g/mol. The summed E-state index contributed by atoms with van der Waals surface area (Å²) in [6.45, 7) is 29.7. The Morgan fingerprint density at radius 3 is 1.34 bits per heavy atom. The van der Waals surface area contributed by atoms with Gasteiger partial charge in [0.2, 0.25) is 0 Å². The zero-order valence-corrected chi connectivity index (χ0v) is 33.3. The second kappa shape index (κ2) is 15.3. The quantitative estimate of drug-likeness (QED) is 0.160. The number of benzene rings is 3. The monoisotopic (exact) mass is 677 g/mol. The van der Waals surface area contributed by atoms with Crippen molar-refractivity contribution in [3.63, 3.8) is 0 Å². The second-order valence-corrected chi connectivity index (χ2v) is 18.1. The summed E-state index contributed by atoms with van der Waals surface area (Å²) in [5.41, 5.74) is 7.04. The fraction of sp³-hybridized carbons (Fsp3) is 0.533. The zero-order chi connectivity index (χ0) is 37.1. The summed E-state index contributed by atoms with van der Waals surface area (Å²) in [6.07, 6.45) is 7.20. The minimum atomic E-state index is -0.161. The third-order valence-corrected chi connectivity index (χ3v) is 9.48. The van der Waals surface area contributed by atoms with Crippen LogP contribution in [0, 0.1) is 0 Å². The molecule has 0 aliphatic heterocycles. The number of nitrogens with zero attached hydrogens (tertiary/aromatic N) is 3. The summed E-state index contributed by atoms with van der Waals surface area (Å²) in [6, 6.07) is 18.8. The summed E-state index contributed by atoms with van der Waals surface area (Å²) in [4.78, 5) is 15.4. The Labute approximate surface area is 303 Å². The molecule has 1 N–H and O–H groups in total. The van der Waals surface area contributed by atoms with Crippen LogP contribution in [0.3, 0.4) is 0 Å². The van der Waals surface area contributed by atoms with Crippen LogP contribution in [0.2, 0.25) is 0 Å². The predicted molar refractivity (Wildman–Crippen MR) is 211 cm³/mol. The number of hydrogen-bond donors (Lipinski definition) is 1. The molecule has 0 aliphatic carbocycles. The highest BCUT2D eigenvalue weighted by Gasteiger charge is 2.28. The number of phenolic OH excluding ortho intramolecular Hbond substituents is 1. The Morgan fingerprint density at radius 1 is 0.500 bits per heavy atom. The largest absolute Gasteiger partial charge is 0.507 e. The fourth-order valence-electron chi connectivity index (χ4n) is 6.25. The van der Waals surface area contributed by atoms with Crippen LogP contribution >= 0.6 is 0 Å². The average Bonchev–Trinajstić information content (AvgIpc) is 3.02. The zero-order valence-electron chi connectivity index (χ0n) is 33.3. The van der Waals surface area contributed by atoms with Crippen molar-refractivity contribution in [1.82, 2.24) is 15.0 Å². The molecule has 1 aromatic heterocycles. The van der Waals surface area contributed by atoms with Gasteiger partial charge in [0.05, 0.1) is 12.2 Å². The van der Waals surface area contributed by atoms with Gasteiger partial charge in [-0.05, 0) is 62.5 Å². The highest BCUT2D eigenvalue weighted by molar-refractivity contribution is 5.73. The van der Waals surface area contributed by atoms with Crippen LogP contribution in [-0.4, -0.2) is 26.7 Å². The Kier molecular flexibility index (Phi) is 11.9. The molecular formula is C45H63N3O2. The molecule has 0 saturated carbocycles. The van der Waals surface area contributed by atoms with Gasteiger partial charge in [0.1, 0.15) is 11.5 Å². The molecule has 0 saturated heterocycles. The molecule has 50 heavy (non-hydrogen) atoms. The van der Waals surface area contributed by atoms with Crippen LogP contribution in [0.1, 0.15) is 151 Å². The van der Waals surface area contributed by atoms with Crippen molar-refractivity contribution in [1.29, 1.82) is 0 Å². The Balaban J connectivity index is 1.89. The molecule has 0 radical (unpaired) electrons.